The van der Waals surface area contributed by atoms with Gasteiger partial charge in [-0.05, 0) is 44.1 Å². The summed E-state index contributed by atoms with van der Waals surface area (Å²) in [5.74, 6) is 1.09. The van der Waals surface area contributed by atoms with Gasteiger partial charge in [0.15, 0.2) is 0 Å². The number of carbonyl (C=O) groups excluding carboxylic acids is 2. The molecule has 2 atom stereocenters. The number of fused-ring (bicyclic) bond motifs is 2. The first kappa shape index (κ1) is 16.9. The number of nitrogens with zero attached hydrogens (tertiary/aromatic N) is 4. The minimum Gasteiger partial charge on any atom is -0.340 e. The van der Waals surface area contributed by atoms with Gasteiger partial charge in [0.25, 0.3) is 5.91 Å². The number of aromatic nitrogens is 2. The Morgan fingerprint density at radius 3 is 3.04 bits per heavy atom. The SMILES string of the molecule is CC1(CC(=O)N2CCCC2c2nc3ccccc3[nH]2)C(=O)N=C2C=CC=CN21. The number of aliphatic imine (C=N–C) groups is 1. The third kappa shape index (κ3) is 2.50. The predicted molar refractivity (Wildman–Crippen MR) is 105 cm³/mol. The van der Waals surface area contributed by atoms with Crippen LogP contribution in [0.15, 0.2) is 53.7 Å². The van der Waals surface area contributed by atoms with Gasteiger partial charge in [-0.3, -0.25) is 9.59 Å². The molecular weight excluding hydrogens is 354 g/mol. The van der Waals surface area contributed by atoms with Crippen molar-refractivity contribution < 1.29 is 9.59 Å². The molecule has 2 unspecified atom stereocenters. The van der Waals surface area contributed by atoms with Gasteiger partial charge in [-0.1, -0.05) is 18.2 Å². The summed E-state index contributed by atoms with van der Waals surface area (Å²) in [5.41, 5.74) is 0.894. The van der Waals surface area contributed by atoms with Crippen molar-refractivity contribution in [2.75, 3.05) is 6.54 Å². The average Bonchev–Trinajstić information content (AvgIpc) is 3.39. The number of imidazole rings is 1. The smallest absolute Gasteiger partial charge is 0.274 e. The zero-order chi connectivity index (χ0) is 19.3. The normalized spacial score (nSPS) is 26.2. The van der Waals surface area contributed by atoms with Crippen LogP contribution < -0.4 is 0 Å². The van der Waals surface area contributed by atoms with Crippen molar-refractivity contribution in [1.29, 1.82) is 0 Å². The fourth-order valence-electron chi connectivity index (χ4n) is 4.31. The molecule has 7 heteroatoms. The van der Waals surface area contributed by atoms with Crippen molar-refractivity contribution in [3.63, 3.8) is 0 Å². The quantitative estimate of drug-likeness (QED) is 0.894. The standard InChI is InChI=1S/C21H21N5O2/c1-21(20(28)24-17-10-4-5-12-26(17)21)13-18(27)25-11-6-9-16(25)19-22-14-7-2-3-8-15(14)23-19/h2-5,7-8,10,12,16H,6,9,11,13H2,1H3,(H,22,23). The van der Waals surface area contributed by atoms with Crippen LogP contribution in [0.4, 0.5) is 0 Å². The molecule has 4 heterocycles. The minimum atomic E-state index is -0.977. The summed E-state index contributed by atoms with van der Waals surface area (Å²) in [5, 5.41) is 0. The van der Waals surface area contributed by atoms with E-state index in [4.69, 9.17) is 0 Å². The molecule has 1 fully saturated rings. The van der Waals surface area contributed by atoms with Crippen LogP contribution in [-0.4, -0.2) is 49.5 Å². The lowest BCUT2D eigenvalue weighted by atomic mass is 9.94. The first-order valence-corrected chi connectivity index (χ1v) is 9.58. The highest BCUT2D eigenvalue weighted by molar-refractivity contribution is 6.13. The van der Waals surface area contributed by atoms with E-state index in [0.717, 1.165) is 29.7 Å². The number of benzene rings is 1. The summed E-state index contributed by atoms with van der Waals surface area (Å²) in [6.45, 7) is 2.47. The lowest BCUT2D eigenvalue weighted by Gasteiger charge is -2.34. The molecule has 3 aliphatic rings. The number of H-pyrrole nitrogens is 1. The van der Waals surface area contributed by atoms with Crippen LogP contribution in [-0.2, 0) is 9.59 Å². The molecule has 1 saturated heterocycles. The minimum absolute atomic E-state index is 0.0433. The molecule has 0 saturated carbocycles. The summed E-state index contributed by atoms with van der Waals surface area (Å²) < 4.78 is 0. The number of hydrogen-bond donors (Lipinski definition) is 1. The van der Waals surface area contributed by atoms with E-state index < -0.39 is 5.54 Å². The molecule has 0 spiro atoms. The number of para-hydroxylation sites is 2. The fraction of sp³-hybridized carbons (Fsp3) is 0.333. The lowest BCUT2D eigenvalue weighted by molar-refractivity contribution is -0.138. The first-order valence-electron chi connectivity index (χ1n) is 9.58. The zero-order valence-electron chi connectivity index (χ0n) is 15.6. The number of nitrogens with one attached hydrogen (secondary N) is 1. The van der Waals surface area contributed by atoms with Gasteiger partial charge in [-0.2, -0.15) is 4.99 Å². The third-order valence-corrected chi connectivity index (χ3v) is 5.84. The molecule has 5 rings (SSSR count). The first-order chi connectivity index (χ1) is 13.6. The second kappa shape index (κ2) is 6.15. The third-order valence-electron chi connectivity index (χ3n) is 5.84. The van der Waals surface area contributed by atoms with Crippen molar-refractivity contribution in [2.24, 2.45) is 4.99 Å². The van der Waals surface area contributed by atoms with Crippen LogP contribution >= 0.6 is 0 Å². The van der Waals surface area contributed by atoms with E-state index in [9.17, 15) is 9.59 Å². The van der Waals surface area contributed by atoms with E-state index >= 15 is 0 Å². The van der Waals surface area contributed by atoms with Crippen LogP contribution in [0.5, 0.6) is 0 Å². The van der Waals surface area contributed by atoms with Crippen molar-refractivity contribution in [1.82, 2.24) is 19.8 Å². The fourth-order valence-corrected chi connectivity index (χ4v) is 4.31. The van der Waals surface area contributed by atoms with Gasteiger partial charge < -0.3 is 14.8 Å². The van der Waals surface area contributed by atoms with Crippen LogP contribution in [0.25, 0.3) is 11.0 Å². The van der Waals surface area contributed by atoms with Crippen LogP contribution in [0, 0.1) is 0 Å². The number of aromatic amines is 1. The Kier molecular flexibility index (Phi) is 3.72. The number of likely N-dealkylation sites (tertiary alicyclic amines) is 1. The van der Waals surface area contributed by atoms with Gasteiger partial charge in [-0.25, -0.2) is 4.98 Å². The number of amides is 2. The molecule has 2 amide bonds. The van der Waals surface area contributed by atoms with Crippen molar-refractivity contribution in [3.8, 4) is 0 Å². The van der Waals surface area contributed by atoms with Gasteiger partial charge in [0.2, 0.25) is 5.91 Å². The summed E-state index contributed by atoms with van der Waals surface area (Å²) in [6.07, 6.45) is 9.18. The van der Waals surface area contributed by atoms with Crippen molar-refractivity contribution in [2.45, 2.75) is 37.8 Å². The highest BCUT2D eigenvalue weighted by atomic mass is 16.2. The molecule has 0 bridgehead atoms. The molecule has 1 aromatic carbocycles. The predicted octanol–water partition coefficient (Wildman–Crippen LogP) is 2.70. The largest absolute Gasteiger partial charge is 0.340 e. The van der Waals surface area contributed by atoms with E-state index in [0.29, 0.717) is 12.4 Å². The topological polar surface area (TPSA) is 81.7 Å². The maximum atomic E-state index is 13.2. The van der Waals surface area contributed by atoms with Crippen LogP contribution in [0.1, 0.15) is 38.1 Å². The summed E-state index contributed by atoms with van der Waals surface area (Å²) in [7, 11) is 0. The highest BCUT2D eigenvalue weighted by Crippen LogP contribution is 2.35. The van der Waals surface area contributed by atoms with Crippen LogP contribution in [0.2, 0.25) is 0 Å². The Morgan fingerprint density at radius 2 is 2.18 bits per heavy atom. The van der Waals surface area contributed by atoms with Crippen molar-refractivity contribution in [3.05, 3.63) is 54.5 Å². The number of hydrogen-bond acceptors (Lipinski definition) is 4. The lowest BCUT2D eigenvalue weighted by Crippen LogP contribution is -2.50. The molecule has 1 aromatic heterocycles. The Labute approximate surface area is 162 Å². The zero-order valence-corrected chi connectivity index (χ0v) is 15.6. The summed E-state index contributed by atoms with van der Waals surface area (Å²) in [6, 6.07) is 7.78. The second-order valence-corrected chi connectivity index (χ2v) is 7.68. The molecule has 3 aliphatic heterocycles. The Hall–Kier alpha value is -3.22. The molecule has 7 nitrogen and oxygen atoms in total. The maximum Gasteiger partial charge on any atom is 0.274 e. The average molecular weight is 375 g/mol. The van der Waals surface area contributed by atoms with Crippen molar-refractivity contribution >= 4 is 28.7 Å². The molecular formula is C21H21N5O2. The molecule has 1 N–H and O–H groups in total. The number of carbonyl (C=O) groups is 2. The molecule has 2 aromatic rings. The number of amidine groups is 1. The maximum absolute atomic E-state index is 13.2. The van der Waals surface area contributed by atoms with Gasteiger partial charge >= 0.3 is 0 Å². The molecule has 142 valence electrons. The Bertz CT molecular complexity index is 1030. The van der Waals surface area contributed by atoms with E-state index in [1.54, 1.807) is 17.9 Å². The summed E-state index contributed by atoms with van der Waals surface area (Å²) >= 11 is 0. The van der Waals surface area contributed by atoms with Crippen LogP contribution in [0.3, 0.4) is 0 Å². The summed E-state index contributed by atoms with van der Waals surface area (Å²) in [4.78, 5) is 41.7. The monoisotopic (exact) mass is 375 g/mol. The highest BCUT2D eigenvalue weighted by Gasteiger charge is 2.48. The molecule has 28 heavy (non-hydrogen) atoms. The van der Waals surface area contributed by atoms with Gasteiger partial charge in [-0.15, -0.1) is 0 Å². The Balaban J connectivity index is 1.39. The van der Waals surface area contributed by atoms with Gasteiger partial charge in [0, 0.05) is 12.7 Å². The molecule has 0 radical (unpaired) electrons. The van der Waals surface area contributed by atoms with E-state index in [1.165, 1.54) is 0 Å². The Morgan fingerprint density at radius 1 is 1.32 bits per heavy atom. The van der Waals surface area contributed by atoms with E-state index in [-0.39, 0.29) is 24.3 Å². The second-order valence-electron chi connectivity index (χ2n) is 7.68. The van der Waals surface area contributed by atoms with E-state index in [2.05, 4.69) is 15.0 Å². The number of rotatable bonds is 3. The van der Waals surface area contributed by atoms with Gasteiger partial charge in [0.05, 0.1) is 23.5 Å². The van der Waals surface area contributed by atoms with Gasteiger partial charge in [0.1, 0.15) is 17.2 Å². The molecule has 0 aliphatic carbocycles. The number of allylic oxidation sites excluding steroid dienone is 2. The van der Waals surface area contributed by atoms with E-state index in [1.807, 2.05) is 47.5 Å².